The summed E-state index contributed by atoms with van der Waals surface area (Å²) in [6.45, 7) is 3.87. The third kappa shape index (κ3) is 4.56. The molecule has 30 heavy (non-hydrogen) atoms. The summed E-state index contributed by atoms with van der Waals surface area (Å²) in [4.78, 5) is 49.5. The van der Waals surface area contributed by atoms with E-state index in [4.69, 9.17) is 9.47 Å². The third-order valence-electron chi connectivity index (χ3n) is 4.80. The summed E-state index contributed by atoms with van der Waals surface area (Å²) in [5.41, 5.74) is 1.89. The van der Waals surface area contributed by atoms with Crippen LogP contribution in [0.25, 0.3) is 0 Å². The number of ether oxygens (including phenoxy) is 2. The zero-order chi connectivity index (χ0) is 21.7. The Morgan fingerprint density at radius 2 is 1.67 bits per heavy atom. The Balaban J connectivity index is 1.53. The molecule has 0 aromatic heterocycles. The predicted molar refractivity (Wildman–Crippen MR) is 108 cm³/mol. The number of imide groups is 1. The highest BCUT2D eigenvalue weighted by molar-refractivity contribution is 6.21. The van der Waals surface area contributed by atoms with Crippen LogP contribution in [0.3, 0.4) is 0 Å². The van der Waals surface area contributed by atoms with Gasteiger partial charge in [-0.05, 0) is 50.6 Å². The molecule has 156 valence electrons. The molecule has 0 atom stereocenters. The molecule has 2 aromatic carbocycles. The van der Waals surface area contributed by atoms with E-state index in [1.54, 1.807) is 42.5 Å². The van der Waals surface area contributed by atoms with E-state index in [2.05, 4.69) is 0 Å². The van der Waals surface area contributed by atoms with Crippen molar-refractivity contribution >= 4 is 23.6 Å². The van der Waals surface area contributed by atoms with E-state index in [9.17, 15) is 19.2 Å². The molecule has 7 nitrogen and oxygen atoms in total. The Kier molecular flexibility index (Phi) is 6.61. The van der Waals surface area contributed by atoms with E-state index in [1.165, 1.54) is 6.92 Å². The van der Waals surface area contributed by atoms with Crippen LogP contribution in [-0.4, -0.2) is 41.6 Å². The van der Waals surface area contributed by atoms with Crippen molar-refractivity contribution < 1.29 is 28.7 Å². The molecular formula is C23H23NO6. The summed E-state index contributed by atoms with van der Waals surface area (Å²) in [5.74, 6) is -0.673. The molecule has 0 unspecified atom stereocenters. The van der Waals surface area contributed by atoms with Crippen molar-refractivity contribution in [1.82, 2.24) is 4.90 Å². The summed E-state index contributed by atoms with van der Waals surface area (Å²) >= 11 is 0. The first-order valence-corrected chi connectivity index (χ1v) is 9.80. The topological polar surface area (TPSA) is 90.0 Å². The molecule has 2 amide bonds. The lowest BCUT2D eigenvalue weighted by Crippen LogP contribution is -2.31. The van der Waals surface area contributed by atoms with Crippen LogP contribution >= 0.6 is 0 Å². The fourth-order valence-corrected chi connectivity index (χ4v) is 3.26. The van der Waals surface area contributed by atoms with Gasteiger partial charge in [0.15, 0.2) is 5.78 Å². The quantitative estimate of drug-likeness (QED) is 0.358. The number of hydrogen-bond acceptors (Lipinski definition) is 6. The van der Waals surface area contributed by atoms with Crippen LogP contribution in [0.5, 0.6) is 5.75 Å². The largest absolute Gasteiger partial charge is 0.493 e. The van der Waals surface area contributed by atoms with E-state index < -0.39 is 5.97 Å². The molecule has 0 spiro atoms. The number of amides is 2. The second kappa shape index (κ2) is 9.35. The average molecular weight is 409 g/mol. The van der Waals surface area contributed by atoms with E-state index >= 15 is 0 Å². The van der Waals surface area contributed by atoms with Gasteiger partial charge in [0.2, 0.25) is 0 Å². The van der Waals surface area contributed by atoms with Crippen LogP contribution < -0.4 is 4.74 Å². The van der Waals surface area contributed by atoms with Crippen LogP contribution in [0, 0.1) is 0 Å². The maximum Gasteiger partial charge on any atom is 0.306 e. The van der Waals surface area contributed by atoms with Gasteiger partial charge in [-0.2, -0.15) is 0 Å². The molecule has 1 heterocycles. The maximum atomic E-state index is 12.3. The van der Waals surface area contributed by atoms with Gasteiger partial charge >= 0.3 is 5.97 Å². The van der Waals surface area contributed by atoms with E-state index in [-0.39, 0.29) is 37.2 Å². The molecule has 2 aromatic rings. The fourth-order valence-electron chi connectivity index (χ4n) is 3.26. The lowest BCUT2D eigenvalue weighted by Gasteiger charge is -2.14. The Morgan fingerprint density at radius 1 is 1.00 bits per heavy atom. The summed E-state index contributed by atoms with van der Waals surface area (Å²) in [6.07, 6.45) is 0.361. The number of Topliss-reactive ketones (excluding diaryl/α,β-unsaturated/α-hetero) is 1. The molecule has 1 aliphatic rings. The second-order valence-electron chi connectivity index (χ2n) is 6.88. The Labute approximate surface area is 174 Å². The van der Waals surface area contributed by atoms with Crippen molar-refractivity contribution in [2.75, 3.05) is 13.2 Å². The van der Waals surface area contributed by atoms with Crippen molar-refractivity contribution in [2.24, 2.45) is 0 Å². The van der Waals surface area contributed by atoms with Crippen molar-refractivity contribution in [3.63, 3.8) is 0 Å². The zero-order valence-corrected chi connectivity index (χ0v) is 17.0. The number of rotatable bonds is 9. The van der Waals surface area contributed by atoms with Crippen LogP contribution in [0.4, 0.5) is 0 Å². The van der Waals surface area contributed by atoms with Crippen molar-refractivity contribution in [2.45, 2.75) is 33.3 Å². The second-order valence-corrected chi connectivity index (χ2v) is 6.88. The Morgan fingerprint density at radius 3 is 2.27 bits per heavy atom. The fraction of sp³-hybridized carbons (Fsp3) is 0.304. The number of fused-ring (bicyclic) bond motifs is 1. The van der Waals surface area contributed by atoms with Gasteiger partial charge in [0, 0.05) is 24.1 Å². The number of carbonyl (C=O) groups is 4. The number of carbonyl (C=O) groups excluding carboxylic acids is 4. The van der Waals surface area contributed by atoms with Gasteiger partial charge in [-0.15, -0.1) is 0 Å². The summed E-state index contributed by atoms with van der Waals surface area (Å²) in [6, 6.07) is 11.7. The highest BCUT2D eigenvalue weighted by Gasteiger charge is 2.34. The minimum atomic E-state index is -0.456. The molecule has 0 bridgehead atoms. The third-order valence-corrected chi connectivity index (χ3v) is 4.80. The monoisotopic (exact) mass is 409 g/mol. The standard InChI is InChI=1S/C23H23NO6/c1-3-29-20-11-10-16(15(2)25)13-17(20)14-30-21(26)9-6-12-24-22(27)18-7-4-5-8-19(18)23(24)28/h4-5,7-8,10-11,13H,3,6,9,12,14H2,1-2H3. The molecule has 0 saturated carbocycles. The van der Waals surface area contributed by atoms with Gasteiger partial charge in [0.05, 0.1) is 17.7 Å². The van der Waals surface area contributed by atoms with E-state index in [0.29, 0.717) is 41.0 Å². The molecule has 7 heteroatoms. The number of nitrogens with zero attached hydrogens (tertiary/aromatic N) is 1. The number of hydrogen-bond donors (Lipinski definition) is 0. The van der Waals surface area contributed by atoms with Gasteiger partial charge in [-0.1, -0.05) is 12.1 Å². The first kappa shape index (κ1) is 21.2. The summed E-state index contributed by atoms with van der Waals surface area (Å²) in [5, 5.41) is 0. The predicted octanol–water partition coefficient (Wildman–Crippen LogP) is 3.41. The van der Waals surface area contributed by atoms with Crippen molar-refractivity contribution in [1.29, 1.82) is 0 Å². The SMILES string of the molecule is CCOc1ccc(C(C)=O)cc1COC(=O)CCCN1C(=O)c2ccccc2C1=O. The molecular weight excluding hydrogens is 386 g/mol. The van der Waals surface area contributed by atoms with Crippen molar-refractivity contribution in [3.8, 4) is 5.75 Å². The molecule has 0 radical (unpaired) electrons. The summed E-state index contributed by atoms with van der Waals surface area (Å²) in [7, 11) is 0. The molecule has 1 aliphatic heterocycles. The van der Waals surface area contributed by atoms with Crippen LogP contribution in [0.2, 0.25) is 0 Å². The smallest absolute Gasteiger partial charge is 0.306 e. The first-order chi connectivity index (χ1) is 14.4. The Hall–Kier alpha value is -3.48. The van der Waals surface area contributed by atoms with Crippen LogP contribution in [-0.2, 0) is 16.1 Å². The number of benzene rings is 2. The Bertz CT molecular complexity index is 962. The zero-order valence-electron chi connectivity index (χ0n) is 17.0. The molecule has 0 saturated heterocycles. The molecule has 0 fully saturated rings. The van der Waals surface area contributed by atoms with Gasteiger partial charge in [-0.3, -0.25) is 24.1 Å². The first-order valence-electron chi connectivity index (χ1n) is 9.80. The summed E-state index contributed by atoms with van der Waals surface area (Å²) < 4.78 is 10.8. The highest BCUT2D eigenvalue weighted by atomic mass is 16.5. The van der Waals surface area contributed by atoms with Gasteiger partial charge in [-0.25, -0.2) is 0 Å². The molecule has 0 N–H and O–H groups in total. The van der Waals surface area contributed by atoms with Gasteiger partial charge in [0.25, 0.3) is 11.8 Å². The van der Waals surface area contributed by atoms with E-state index in [1.807, 2.05) is 6.92 Å². The lowest BCUT2D eigenvalue weighted by atomic mass is 10.1. The van der Waals surface area contributed by atoms with Crippen LogP contribution in [0.15, 0.2) is 42.5 Å². The van der Waals surface area contributed by atoms with E-state index in [0.717, 1.165) is 4.90 Å². The van der Waals surface area contributed by atoms with Gasteiger partial charge < -0.3 is 9.47 Å². The van der Waals surface area contributed by atoms with Gasteiger partial charge in [0.1, 0.15) is 12.4 Å². The highest BCUT2D eigenvalue weighted by Crippen LogP contribution is 2.24. The minimum Gasteiger partial charge on any atom is -0.493 e. The molecule has 3 rings (SSSR count). The number of ketones is 1. The number of esters is 1. The normalized spacial score (nSPS) is 12.7. The maximum absolute atomic E-state index is 12.3. The molecule has 0 aliphatic carbocycles. The average Bonchev–Trinajstić information content (AvgIpc) is 2.98. The van der Waals surface area contributed by atoms with Crippen molar-refractivity contribution in [3.05, 3.63) is 64.7 Å². The minimum absolute atomic E-state index is 0.0255. The van der Waals surface area contributed by atoms with Crippen LogP contribution in [0.1, 0.15) is 63.3 Å². The lowest BCUT2D eigenvalue weighted by molar-refractivity contribution is -0.145.